The van der Waals surface area contributed by atoms with E-state index < -0.39 is 0 Å². The highest BCUT2D eigenvalue weighted by atomic mass is 32.1. The lowest BCUT2D eigenvalue weighted by Crippen LogP contribution is -2.43. The van der Waals surface area contributed by atoms with E-state index in [1.165, 1.54) is 0 Å². The average Bonchev–Trinajstić information content (AvgIpc) is 2.82. The van der Waals surface area contributed by atoms with Crippen LogP contribution >= 0.6 is 12.2 Å². The van der Waals surface area contributed by atoms with E-state index in [1.807, 2.05) is 31.2 Å². The van der Waals surface area contributed by atoms with E-state index >= 15 is 0 Å². The molecule has 8 nitrogen and oxygen atoms in total. The predicted octanol–water partition coefficient (Wildman–Crippen LogP) is 2.28. The second-order valence-corrected chi connectivity index (χ2v) is 9.31. The van der Waals surface area contributed by atoms with Crippen LogP contribution in [0.1, 0.15) is 25.3 Å². The maximum Gasteiger partial charge on any atom is 0.253 e. The number of hydrogen-bond acceptors (Lipinski definition) is 6. The Balaban J connectivity index is 1.70. The van der Waals surface area contributed by atoms with Crippen LogP contribution in [-0.2, 0) is 11.3 Å². The maximum absolute atomic E-state index is 12.9. The van der Waals surface area contributed by atoms with E-state index in [9.17, 15) is 4.79 Å². The normalized spacial score (nSPS) is 14.5. The highest BCUT2D eigenvalue weighted by molar-refractivity contribution is 7.80. The zero-order valence-corrected chi connectivity index (χ0v) is 21.6. The number of morpholine rings is 1. The number of aromatic nitrogens is 1. The van der Waals surface area contributed by atoms with Gasteiger partial charge >= 0.3 is 0 Å². The molecule has 188 valence electrons. The van der Waals surface area contributed by atoms with Gasteiger partial charge in [-0.25, -0.2) is 0 Å². The molecule has 9 heteroatoms. The van der Waals surface area contributed by atoms with Crippen molar-refractivity contribution in [2.45, 2.75) is 26.3 Å². The van der Waals surface area contributed by atoms with Crippen molar-refractivity contribution in [3.05, 3.63) is 40.2 Å². The second-order valence-electron chi connectivity index (χ2n) is 8.92. The van der Waals surface area contributed by atoms with Gasteiger partial charge in [0.05, 0.1) is 26.4 Å². The molecule has 0 bridgehead atoms. The SMILES string of the molecule is CCOc1ccc2[nH]c(=O)c(CN(CCCN3CCOCC3)C(=S)NCCCN(C)C)cc2c1. The summed E-state index contributed by atoms with van der Waals surface area (Å²) in [5.41, 5.74) is 1.43. The van der Waals surface area contributed by atoms with Crippen LogP contribution in [0.15, 0.2) is 29.1 Å². The van der Waals surface area contributed by atoms with Crippen LogP contribution < -0.4 is 15.6 Å². The summed E-state index contributed by atoms with van der Waals surface area (Å²) in [6.07, 6.45) is 1.98. The Hall–Kier alpha value is -2.20. The number of rotatable bonds is 12. The van der Waals surface area contributed by atoms with Crippen molar-refractivity contribution in [2.24, 2.45) is 0 Å². The Bertz CT molecular complexity index is 975. The van der Waals surface area contributed by atoms with Crippen LogP contribution in [0.2, 0.25) is 0 Å². The highest BCUT2D eigenvalue weighted by Gasteiger charge is 2.15. The number of aromatic amines is 1. The summed E-state index contributed by atoms with van der Waals surface area (Å²) in [5.74, 6) is 0.799. The van der Waals surface area contributed by atoms with Gasteiger partial charge in [-0.3, -0.25) is 9.69 Å². The van der Waals surface area contributed by atoms with E-state index in [0.29, 0.717) is 23.8 Å². The molecule has 1 fully saturated rings. The first-order valence-electron chi connectivity index (χ1n) is 12.2. The molecule has 2 aromatic rings. The van der Waals surface area contributed by atoms with Crippen molar-refractivity contribution < 1.29 is 9.47 Å². The topological polar surface area (TPSA) is 73.1 Å². The van der Waals surface area contributed by atoms with Crippen LogP contribution in [0, 0.1) is 0 Å². The molecule has 1 aromatic heterocycles. The molecule has 0 radical (unpaired) electrons. The van der Waals surface area contributed by atoms with Crippen LogP contribution in [0.5, 0.6) is 5.75 Å². The molecular weight excluding hydrogens is 450 g/mol. The first-order chi connectivity index (χ1) is 16.5. The predicted molar refractivity (Wildman–Crippen MR) is 142 cm³/mol. The summed E-state index contributed by atoms with van der Waals surface area (Å²) in [5, 5.41) is 5.05. The summed E-state index contributed by atoms with van der Waals surface area (Å²) < 4.78 is 11.1. The molecule has 1 aliphatic rings. The Morgan fingerprint density at radius 2 is 2.00 bits per heavy atom. The number of benzene rings is 1. The van der Waals surface area contributed by atoms with Crippen LogP contribution in [0.25, 0.3) is 10.9 Å². The third kappa shape index (κ3) is 8.23. The molecule has 1 aromatic carbocycles. The molecule has 0 spiro atoms. The van der Waals surface area contributed by atoms with E-state index in [4.69, 9.17) is 21.7 Å². The van der Waals surface area contributed by atoms with Crippen molar-refractivity contribution in [1.29, 1.82) is 0 Å². The van der Waals surface area contributed by atoms with Gasteiger partial charge in [0, 0.05) is 49.2 Å². The first kappa shape index (κ1) is 26.4. The van der Waals surface area contributed by atoms with E-state index in [0.717, 1.165) is 82.0 Å². The standard InChI is InChI=1S/C25H39N5O3S/c1-4-33-22-7-8-23-20(18-22)17-21(24(31)27-23)19-30(25(34)26-9-5-10-28(2)3)12-6-11-29-13-15-32-16-14-29/h7-8,17-18H,4-6,9-16,19H2,1-3H3,(H,26,34)(H,27,31). The lowest BCUT2D eigenvalue weighted by molar-refractivity contribution is 0.0367. The van der Waals surface area contributed by atoms with Gasteiger partial charge < -0.3 is 29.6 Å². The molecule has 0 saturated carbocycles. The molecule has 0 amide bonds. The molecule has 34 heavy (non-hydrogen) atoms. The fourth-order valence-corrected chi connectivity index (χ4v) is 4.33. The lowest BCUT2D eigenvalue weighted by Gasteiger charge is -2.29. The fourth-order valence-electron chi connectivity index (χ4n) is 4.07. The van der Waals surface area contributed by atoms with Crippen LogP contribution in [-0.4, -0.2) is 98.0 Å². The van der Waals surface area contributed by atoms with Crippen molar-refractivity contribution in [2.75, 3.05) is 73.2 Å². The van der Waals surface area contributed by atoms with Gasteiger partial charge in [0.15, 0.2) is 5.11 Å². The molecule has 1 aliphatic heterocycles. The maximum atomic E-state index is 12.9. The summed E-state index contributed by atoms with van der Waals surface area (Å²) in [7, 11) is 4.14. The molecule has 1 saturated heterocycles. The highest BCUT2D eigenvalue weighted by Crippen LogP contribution is 2.20. The Morgan fingerprint density at radius 3 is 2.74 bits per heavy atom. The minimum Gasteiger partial charge on any atom is -0.494 e. The molecule has 2 heterocycles. The fraction of sp³-hybridized carbons (Fsp3) is 0.600. The van der Waals surface area contributed by atoms with E-state index in [-0.39, 0.29) is 5.56 Å². The summed E-state index contributed by atoms with van der Waals surface area (Å²) in [4.78, 5) is 22.6. The van der Waals surface area contributed by atoms with E-state index in [2.05, 4.69) is 39.1 Å². The lowest BCUT2D eigenvalue weighted by atomic mass is 10.1. The van der Waals surface area contributed by atoms with Gasteiger partial charge in [-0.1, -0.05) is 0 Å². The zero-order valence-electron chi connectivity index (χ0n) is 20.8. The number of pyridine rings is 1. The van der Waals surface area contributed by atoms with Crippen molar-refractivity contribution in [3.63, 3.8) is 0 Å². The minimum atomic E-state index is -0.0785. The third-order valence-electron chi connectivity index (χ3n) is 5.92. The molecule has 3 rings (SSSR count). The summed E-state index contributed by atoms with van der Waals surface area (Å²) in [6.45, 7) is 10.2. The number of fused-ring (bicyclic) bond motifs is 1. The number of H-pyrrole nitrogens is 1. The van der Waals surface area contributed by atoms with Gasteiger partial charge in [0.2, 0.25) is 0 Å². The molecule has 2 N–H and O–H groups in total. The monoisotopic (exact) mass is 489 g/mol. The van der Waals surface area contributed by atoms with Crippen molar-refractivity contribution >= 4 is 28.2 Å². The number of thiocarbonyl (C=S) groups is 1. The Morgan fingerprint density at radius 1 is 1.21 bits per heavy atom. The van der Waals surface area contributed by atoms with Crippen molar-refractivity contribution in [1.82, 2.24) is 25.0 Å². The second kappa shape index (κ2) is 13.6. The largest absolute Gasteiger partial charge is 0.494 e. The number of nitrogens with one attached hydrogen (secondary N) is 2. The first-order valence-corrected chi connectivity index (χ1v) is 12.6. The average molecular weight is 490 g/mol. The van der Waals surface area contributed by atoms with Gasteiger partial charge in [-0.05, 0) is 76.9 Å². The molecule has 0 unspecified atom stereocenters. The van der Waals surface area contributed by atoms with Crippen molar-refractivity contribution in [3.8, 4) is 5.75 Å². The zero-order chi connectivity index (χ0) is 24.3. The summed E-state index contributed by atoms with van der Waals surface area (Å²) in [6, 6.07) is 7.70. The number of ether oxygens (including phenoxy) is 2. The number of hydrogen-bond donors (Lipinski definition) is 2. The molecular formula is C25H39N5O3S. The minimum absolute atomic E-state index is 0.0785. The summed E-state index contributed by atoms with van der Waals surface area (Å²) >= 11 is 5.75. The van der Waals surface area contributed by atoms with Gasteiger partial charge in [0.25, 0.3) is 5.56 Å². The van der Waals surface area contributed by atoms with E-state index in [1.54, 1.807) is 0 Å². The third-order valence-corrected chi connectivity index (χ3v) is 6.32. The molecule has 0 aliphatic carbocycles. The Kier molecular flexibility index (Phi) is 10.6. The molecule has 0 atom stereocenters. The van der Waals surface area contributed by atoms with Crippen LogP contribution in [0.3, 0.4) is 0 Å². The quantitative estimate of drug-likeness (QED) is 0.348. The van der Waals surface area contributed by atoms with Crippen LogP contribution in [0.4, 0.5) is 0 Å². The smallest absolute Gasteiger partial charge is 0.253 e. The Labute approximate surface area is 208 Å². The van der Waals surface area contributed by atoms with Gasteiger partial charge in [-0.2, -0.15) is 0 Å². The van der Waals surface area contributed by atoms with Gasteiger partial charge in [-0.15, -0.1) is 0 Å². The van der Waals surface area contributed by atoms with Gasteiger partial charge in [0.1, 0.15) is 5.75 Å². The number of nitrogens with zero attached hydrogens (tertiary/aromatic N) is 3.